The second-order valence-corrected chi connectivity index (χ2v) is 29.6. The number of nitrogens with one attached hydrogen (secondary N) is 2. The summed E-state index contributed by atoms with van der Waals surface area (Å²) in [6.07, 6.45) is 1.80. The van der Waals surface area contributed by atoms with Crippen LogP contribution in [0.25, 0.3) is 0 Å². The fourth-order valence-electron chi connectivity index (χ4n) is 14.2. The van der Waals surface area contributed by atoms with E-state index in [0.717, 1.165) is 58.3 Å². The molecule has 5 fully saturated rings. The molecule has 5 aliphatic heterocycles. The van der Waals surface area contributed by atoms with Gasteiger partial charge in [-0.2, -0.15) is 0 Å². The highest BCUT2D eigenvalue weighted by Gasteiger charge is 2.57. The maximum absolute atomic E-state index is 13.6. The average molecular weight is 1510 g/mol. The number of unbranched alkanes of at least 4 members (excludes halogenated alkanes) is 30. The Kier molecular flexibility index (Phi) is 46.6. The van der Waals surface area contributed by atoms with Crippen molar-refractivity contribution in [3.05, 3.63) is 24.3 Å². The Morgan fingerprint density at radius 1 is 0.390 bits per heavy atom. The third kappa shape index (κ3) is 31.5. The fraction of sp³-hybridized carbons (Fsp3) is 0.921. The van der Waals surface area contributed by atoms with Crippen LogP contribution in [0.1, 0.15) is 246 Å². The molecule has 0 spiro atoms. The molecule has 0 bridgehead atoms. The molecule has 0 aromatic carbocycles. The van der Waals surface area contributed by atoms with Gasteiger partial charge in [-0.05, 0) is 51.9 Å². The molecule has 105 heavy (non-hydrogen) atoms. The summed E-state index contributed by atoms with van der Waals surface area (Å²) in [5.41, 5.74) is 0. The summed E-state index contributed by atoms with van der Waals surface area (Å²) in [6.45, 7) is 2.61. The van der Waals surface area contributed by atoms with Crippen LogP contribution in [0.4, 0.5) is 0 Å². The Bertz CT molecular complexity index is 2320. The maximum Gasteiger partial charge on any atom is 0.220 e. The van der Waals surface area contributed by atoms with Gasteiger partial charge in [0.05, 0.1) is 51.3 Å². The van der Waals surface area contributed by atoms with E-state index in [9.17, 15) is 86.2 Å². The minimum Gasteiger partial charge on any atom is -0.394 e. The second-order valence-electron chi connectivity index (χ2n) is 29.6. The molecule has 0 aromatic rings. The Morgan fingerprint density at radius 3 is 1.29 bits per heavy atom. The largest absolute Gasteiger partial charge is 0.394 e. The summed E-state index contributed by atoms with van der Waals surface area (Å²) in [6, 6.07) is -2.82. The third-order valence-corrected chi connectivity index (χ3v) is 20.8. The van der Waals surface area contributed by atoms with E-state index in [4.69, 9.17) is 47.4 Å². The van der Waals surface area contributed by atoms with E-state index in [1.54, 1.807) is 6.08 Å². The summed E-state index contributed by atoms with van der Waals surface area (Å²) in [4.78, 5) is 26.6. The van der Waals surface area contributed by atoms with E-state index >= 15 is 0 Å². The molecule has 5 heterocycles. The van der Waals surface area contributed by atoms with E-state index in [0.29, 0.717) is 12.8 Å². The minimum atomic E-state index is -2.17. The smallest absolute Gasteiger partial charge is 0.220 e. The number of allylic oxidation sites excluding steroid dienone is 3. The summed E-state index contributed by atoms with van der Waals surface area (Å²) in [5, 5.41) is 172. The highest BCUT2D eigenvalue weighted by atomic mass is 16.8. The van der Waals surface area contributed by atoms with Crippen molar-refractivity contribution in [2.24, 2.45) is 0 Å². The maximum atomic E-state index is 13.6. The van der Waals surface area contributed by atoms with Gasteiger partial charge >= 0.3 is 0 Å². The van der Waals surface area contributed by atoms with Crippen LogP contribution in [-0.4, -0.2) is 287 Å². The average Bonchev–Trinajstić information content (AvgIpc) is 0.771. The van der Waals surface area contributed by atoms with Crippen LogP contribution in [0.3, 0.4) is 0 Å². The lowest BCUT2D eigenvalue weighted by atomic mass is 9.94. The first-order valence-electron chi connectivity index (χ1n) is 40.0. The van der Waals surface area contributed by atoms with E-state index in [2.05, 4.69) is 36.6 Å². The van der Waals surface area contributed by atoms with Gasteiger partial charge in [-0.25, -0.2) is 0 Å². The van der Waals surface area contributed by atoms with E-state index in [1.165, 1.54) is 155 Å². The number of ether oxygens (including phenoxy) is 10. The minimum absolute atomic E-state index is 0.190. The first-order chi connectivity index (χ1) is 50.7. The van der Waals surface area contributed by atoms with Crippen molar-refractivity contribution < 1.29 is 134 Å². The zero-order chi connectivity index (χ0) is 76.6. The lowest BCUT2D eigenvalue weighted by molar-refractivity contribution is -0.390. The Hall–Kier alpha value is -2.58. The van der Waals surface area contributed by atoms with Crippen LogP contribution in [0.5, 0.6) is 0 Å². The number of amides is 2. The number of aliphatic hydroxyl groups is 15. The van der Waals surface area contributed by atoms with Gasteiger partial charge in [0, 0.05) is 13.3 Å². The van der Waals surface area contributed by atoms with Crippen LogP contribution in [0.2, 0.25) is 0 Å². The second kappa shape index (κ2) is 52.6. The first kappa shape index (κ1) is 93.0. The first-order valence-corrected chi connectivity index (χ1v) is 40.0. The molecular weight excluding hydrogens is 1370 g/mol. The zero-order valence-corrected chi connectivity index (χ0v) is 63.1. The van der Waals surface area contributed by atoms with E-state index in [1.807, 2.05) is 6.08 Å². The highest BCUT2D eigenvalue weighted by molar-refractivity contribution is 5.76. The molecule has 29 nitrogen and oxygen atoms in total. The third-order valence-electron chi connectivity index (χ3n) is 20.8. The molecular formula is C76H138N2O27. The van der Waals surface area contributed by atoms with E-state index in [-0.39, 0.29) is 12.3 Å². The fourth-order valence-corrected chi connectivity index (χ4v) is 14.2. The molecule has 5 rings (SSSR count). The predicted octanol–water partition coefficient (Wildman–Crippen LogP) is 3.53. The van der Waals surface area contributed by atoms with Crippen LogP contribution in [0.15, 0.2) is 24.3 Å². The van der Waals surface area contributed by atoms with Crippen LogP contribution in [-0.2, 0) is 57.0 Å². The van der Waals surface area contributed by atoms with Gasteiger partial charge in [-0.15, -0.1) is 0 Å². The van der Waals surface area contributed by atoms with E-state index < -0.39 is 205 Å². The van der Waals surface area contributed by atoms with Crippen molar-refractivity contribution in [3.63, 3.8) is 0 Å². The SMILES string of the molecule is CCCCCCCC/C=C\CCCCCCCCCCCCCCCC(=O)N[C@@H](CO[C@@H]1OC(CO)[C@@H](O[C@@H]2OC(CO)[C@H](O)[C@H](O[C@@H]3OC(CO)[C@@H](O)[C@H](O[C@@H]4OC(CO)[C@H](O)[C@H](O)C4O[C@H]4OC(C)[C@@H](O)C(O)[C@@H]4O)C3NC(C)=O)C2O)[C@H](O)C1O)[C@H](O)/C=C/CCCCCCCCCCCCC. The van der Waals surface area contributed by atoms with Gasteiger partial charge in [0.25, 0.3) is 0 Å². The number of aliphatic hydroxyl groups excluding tert-OH is 15. The van der Waals surface area contributed by atoms with Crippen LogP contribution in [0, 0.1) is 0 Å². The monoisotopic (exact) mass is 1510 g/mol. The van der Waals surface area contributed by atoms with Crippen molar-refractivity contribution in [3.8, 4) is 0 Å². The molecule has 0 aromatic heterocycles. The predicted molar refractivity (Wildman–Crippen MR) is 385 cm³/mol. The van der Waals surface area contributed by atoms with Gasteiger partial charge in [0.1, 0.15) is 116 Å². The zero-order valence-electron chi connectivity index (χ0n) is 63.1. The van der Waals surface area contributed by atoms with Gasteiger partial charge in [0.15, 0.2) is 31.5 Å². The quantitative estimate of drug-likeness (QED) is 0.0306. The summed E-state index contributed by atoms with van der Waals surface area (Å²) in [7, 11) is 0. The van der Waals surface area contributed by atoms with Crippen LogP contribution < -0.4 is 10.6 Å². The molecule has 614 valence electrons. The summed E-state index contributed by atoms with van der Waals surface area (Å²) < 4.78 is 59.3. The molecule has 0 aliphatic carbocycles. The summed E-state index contributed by atoms with van der Waals surface area (Å²) >= 11 is 0. The normalized spacial score (nSPS) is 34.6. The van der Waals surface area contributed by atoms with Crippen molar-refractivity contribution in [1.29, 1.82) is 0 Å². The van der Waals surface area contributed by atoms with Crippen molar-refractivity contribution in [2.75, 3.05) is 33.0 Å². The Balaban J connectivity index is 1.18. The van der Waals surface area contributed by atoms with Gasteiger partial charge in [-0.3, -0.25) is 9.59 Å². The molecule has 5 saturated heterocycles. The Labute approximate surface area is 622 Å². The molecule has 27 atom stereocenters. The van der Waals surface area contributed by atoms with Crippen molar-refractivity contribution in [1.82, 2.24) is 10.6 Å². The standard InChI is InChI=1S/C76H138N2O27/c1-5-7-9-11-13-15-17-19-20-21-22-23-24-25-26-27-28-30-32-34-36-38-40-42-56(85)78-50(51(84)41-39-37-35-33-31-29-18-16-14-12-10-8-6-2)47-96-73-66(94)64(92)68(55(46-82)101-73)102-75-67(95)70(61(89)54(45-81)99-75)104-72-57(77-49(4)83)69(60(88)53(44-80)98-72)103-76-71(63(91)59(87)52(43-79)100-76)105-74-65(93)62(90)58(86)48(3)97-74/h19-20,39,41,48,50-55,57-76,79-82,84,86-95H,5-18,21-38,40,42-47H2,1-4H3,(H,77,83)(H,78,85)/b20-19-,41-39+/t48?,50-,51+,52?,53?,54?,55?,57?,58+,59-,60+,61-,62?,63-,64+,65-,66?,67?,68+,69+,70-,71?,72-,73+,74+,75-,76-/m0/s1. The number of rotatable bonds is 54. The Morgan fingerprint density at radius 2 is 0.781 bits per heavy atom. The van der Waals surface area contributed by atoms with Crippen LogP contribution >= 0.6 is 0 Å². The molecule has 10 unspecified atom stereocenters. The number of carbonyl (C=O) groups is 2. The number of hydrogen-bond donors (Lipinski definition) is 17. The lowest BCUT2D eigenvalue weighted by Gasteiger charge is -2.50. The lowest BCUT2D eigenvalue weighted by Crippen LogP contribution is -2.70. The molecule has 0 radical (unpaired) electrons. The molecule has 0 saturated carbocycles. The topological polar surface area (TPSA) is 454 Å². The number of carbonyl (C=O) groups excluding carboxylic acids is 2. The van der Waals surface area contributed by atoms with Gasteiger partial charge < -0.3 is 135 Å². The molecule has 29 heteroatoms. The van der Waals surface area contributed by atoms with Gasteiger partial charge in [0.2, 0.25) is 11.8 Å². The molecule has 5 aliphatic rings. The highest BCUT2D eigenvalue weighted by Crippen LogP contribution is 2.37. The van der Waals surface area contributed by atoms with Crippen molar-refractivity contribution in [2.45, 2.75) is 412 Å². The van der Waals surface area contributed by atoms with Gasteiger partial charge in [-0.1, -0.05) is 205 Å². The molecule has 17 N–H and O–H groups in total. The molecule has 2 amide bonds. The summed E-state index contributed by atoms with van der Waals surface area (Å²) in [5.74, 6) is -1.16. The van der Waals surface area contributed by atoms with Crippen molar-refractivity contribution >= 4 is 11.8 Å². The number of hydrogen-bond acceptors (Lipinski definition) is 27.